The molecule has 0 radical (unpaired) electrons. The van der Waals surface area contributed by atoms with E-state index in [1.165, 1.54) is 18.6 Å². The van der Waals surface area contributed by atoms with E-state index in [1.807, 2.05) is 10.8 Å². The highest BCUT2D eigenvalue weighted by Crippen LogP contribution is 2.23. The van der Waals surface area contributed by atoms with Crippen LogP contribution in [0.1, 0.15) is 53.4 Å². The number of carbonyl (C=O) groups excluding carboxylic acids is 1. The molecule has 1 N–H and O–H groups in total. The number of unbranched alkanes of at least 4 members (excludes halogenated alkanes) is 1. The Hall–Kier alpha value is -0.0700. The van der Waals surface area contributed by atoms with E-state index < -0.39 is 0 Å². The minimum Gasteiger partial charge on any atom is -0.450 e. The van der Waals surface area contributed by atoms with E-state index in [1.54, 1.807) is 10.8 Å². The summed E-state index contributed by atoms with van der Waals surface area (Å²) in [5.74, 6) is 3.19. The minimum absolute atomic E-state index is 0.317. The van der Waals surface area contributed by atoms with Gasteiger partial charge in [-0.1, -0.05) is 55.7 Å². The van der Waals surface area contributed by atoms with Gasteiger partial charge in [0.25, 0.3) is 0 Å². The molecule has 0 saturated carbocycles. The molecule has 0 spiro atoms. The van der Waals surface area contributed by atoms with Gasteiger partial charge in [-0.2, -0.15) is 0 Å². The average Bonchev–Trinajstić information content (AvgIpc) is 2.45. The number of hydrogen-bond donors (Lipinski definition) is 1. The third-order valence-corrected chi connectivity index (χ3v) is 4.97. The topological polar surface area (TPSA) is 47.6 Å². The monoisotopic (exact) mass is 351 g/mol. The molecule has 0 bridgehead atoms. The Bertz CT molecular complexity index is 264. The summed E-state index contributed by atoms with van der Waals surface area (Å²) in [5, 5.41) is 2.73. The minimum atomic E-state index is -0.317. The van der Waals surface area contributed by atoms with E-state index in [4.69, 9.17) is 9.47 Å². The maximum atomic E-state index is 11.3. The molecule has 0 atom stereocenters. The van der Waals surface area contributed by atoms with Crippen molar-refractivity contribution in [1.29, 1.82) is 0 Å². The van der Waals surface area contributed by atoms with Crippen LogP contribution in [0.15, 0.2) is 0 Å². The zero-order valence-electron chi connectivity index (χ0n) is 14.6. The molecule has 4 nitrogen and oxygen atoms in total. The van der Waals surface area contributed by atoms with Gasteiger partial charge in [0.05, 0.1) is 6.61 Å². The summed E-state index contributed by atoms with van der Waals surface area (Å²) in [7, 11) is 3.67. The molecule has 0 aliphatic heterocycles. The Morgan fingerprint density at radius 1 is 1.00 bits per heavy atom. The lowest BCUT2D eigenvalue weighted by Gasteiger charge is -2.08. The molecule has 0 heterocycles. The second-order valence-corrected chi connectivity index (χ2v) is 8.65. The van der Waals surface area contributed by atoms with Crippen LogP contribution in [-0.4, -0.2) is 37.5 Å². The van der Waals surface area contributed by atoms with Crippen molar-refractivity contribution in [3.05, 3.63) is 0 Å². The molecule has 0 aliphatic rings. The van der Waals surface area contributed by atoms with Crippen molar-refractivity contribution in [1.82, 2.24) is 5.32 Å². The molecule has 0 aliphatic carbocycles. The molecule has 6 heteroatoms. The first-order valence-corrected chi connectivity index (χ1v) is 10.7. The van der Waals surface area contributed by atoms with Crippen LogP contribution in [0.5, 0.6) is 0 Å². The van der Waals surface area contributed by atoms with E-state index in [-0.39, 0.29) is 6.09 Å². The normalized spacial score (nSPS) is 11.2. The number of amides is 1. The standard InChI is InChI=1S/C16H33NO3S2/c1-14(2)8-7-11-21-22-13-19-9-5-6-10-20-16(18)17-12-15(3)4/h14-15H,5-13H2,1-4H3,(H,17,18). The third-order valence-electron chi connectivity index (χ3n) is 2.79. The molecular weight excluding hydrogens is 318 g/mol. The van der Waals surface area contributed by atoms with Crippen LogP contribution < -0.4 is 5.32 Å². The van der Waals surface area contributed by atoms with E-state index in [0.29, 0.717) is 19.1 Å². The van der Waals surface area contributed by atoms with Crippen molar-refractivity contribution >= 4 is 27.7 Å². The van der Waals surface area contributed by atoms with Gasteiger partial charge in [-0.3, -0.25) is 0 Å². The third kappa shape index (κ3) is 18.0. The smallest absolute Gasteiger partial charge is 0.407 e. The highest BCUT2D eigenvalue weighted by molar-refractivity contribution is 8.76. The fraction of sp³-hybridized carbons (Fsp3) is 0.938. The zero-order valence-corrected chi connectivity index (χ0v) is 16.2. The maximum Gasteiger partial charge on any atom is 0.407 e. The predicted octanol–water partition coefficient (Wildman–Crippen LogP) is 4.94. The Kier molecular flexibility index (Phi) is 15.8. The van der Waals surface area contributed by atoms with Crippen LogP contribution in [0, 0.1) is 11.8 Å². The van der Waals surface area contributed by atoms with Crippen molar-refractivity contribution in [2.75, 3.05) is 31.5 Å². The van der Waals surface area contributed by atoms with E-state index in [2.05, 4.69) is 33.0 Å². The van der Waals surface area contributed by atoms with Crippen molar-refractivity contribution in [2.24, 2.45) is 11.8 Å². The number of carbonyl (C=O) groups is 1. The molecule has 0 saturated heterocycles. The van der Waals surface area contributed by atoms with Crippen LogP contribution >= 0.6 is 21.6 Å². The van der Waals surface area contributed by atoms with Gasteiger partial charge >= 0.3 is 6.09 Å². The molecule has 132 valence electrons. The van der Waals surface area contributed by atoms with Gasteiger partial charge in [0.2, 0.25) is 0 Å². The van der Waals surface area contributed by atoms with Crippen molar-refractivity contribution in [3.63, 3.8) is 0 Å². The second-order valence-electron chi connectivity index (χ2n) is 6.12. The maximum absolute atomic E-state index is 11.3. The van der Waals surface area contributed by atoms with Crippen molar-refractivity contribution < 1.29 is 14.3 Å². The molecule has 0 aromatic rings. The lowest BCUT2D eigenvalue weighted by molar-refractivity contribution is 0.133. The Balaban J connectivity index is 3.12. The van der Waals surface area contributed by atoms with Gasteiger partial charge in [0, 0.05) is 18.9 Å². The van der Waals surface area contributed by atoms with Crippen LogP contribution in [-0.2, 0) is 9.47 Å². The van der Waals surface area contributed by atoms with Gasteiger partial charge in [-0.05, 0) is 31.1 Å². The van der Waals surface area contributed by atoms with Gasteiger partial charge in [-0.15, -0.1) is 0 Å². The number of ether oxygens (including phenoxy) is 2. The summed E-state index contributed by atoms with van der Waals surface area (Å²) in [4.78, 5) is 11.3. The number of rotatable bonds is 14. The summed E-state index contributed by atoms with van der Waals surface area (Å²) < 4.78 is 10.6. The fourth-order valence-electron chi connectivity index (χ4n) is 1.55. The fourth-order valence-corrected chi connectivity index (χ4v) is 3.32. The van der Waals surface area contributed by atoms with Crippen LogP contribution in [0.25, 0.3) is 0 Å². The zero-order chi connectivity index (χ0) is 16.6. The second kappa shape index (κ2) is 15.8. The number of alkyl carbamates (subject to hydrolysis) is 1. The largest absolute Gasteiger partial charge is 0.450 e. The molecule has 0 unspecified atom stereocenters. The van der Waals surface area contributed by atoms with E-state index in [9.17, 15) is 4.79 Å². The Labute approximate surface area is 144 Å². The van der Waals surface area contributed by atoms with Crippen molar-refractivity contribution in [3.8, 4) is 0 Å². The lowest BCUT2D eigenvalue weighted by atomic mass is 10.1. The SMILES string of the molecule is CC(C)CCCSSCOCCCCOC(=O)NCC(C)C. The summed E-state index contributed by atoms with van der Waals surface area (Å²) in [6.07, 6.45) is 4.05. The predicted molar refractivity (Wildman–Crippen MR) is 98.4 cm³/mol. The highest BCUT2D eigenvalue weighted by atomic mass is 33.1. The van der Waals surface area contributed by atoms with Gasteiger partial charge in [-0.25, -0.2) is 4.79 Å². The van der Waals surface area contributed by atoms with Gasteiger partial charge in [0.15, 0.2) is 0 Å². The molecule has 0 aromatic carbocycles. The van der Waals surface area contributed by atoms with Gasteiger partial charge < -0.3 is 14.8 Å². The van der Waals surface area contributed by atoms with Crippen molar-refractivity contribution in [2.45, 2.75) is 53.4 Å². The first-order chi connectivity index (χ1) is 10.5. The van der Waals surface area contributed by atoms with Crippen LogP contribution in [0.2, 0.25) is 0 Å². The average molecular weight is 352 g/mol. The molecule has 0 fully saturated rings. The molecular formula is C16H33NO3S2. The summed E-state index contributed by atoms with van der Waals surface area (Å²) in [5.41, 5.74) is 0. The summed E-state index contributed by atoms with van der Waals surface area (Å²) in [6, 6.07) is 0. The number of hydrogen-bond acceptors (Lipinski definition) is 5. The van der Waals surface area contributed by atoms with E-state index >= 15 is 0 Å². The molecule has 0 aromatic heterocycles. The summed E-state index contributed by atoms with van der Waals surface area (Å²) >= 11 is 0. The van der Waals surface area contributed by atoms with Crippen LogP contribution in [0.4, 0.5) is 4.79 Å². The first kappa shape index (κ1) is 21.9. The molecule has 1 amide bonds. The van der Waals surface area contributed by atoms with Gasteiger partial charge in [0.1, 0.15) is 5.94 Å². The summed E-state index contributed by atoms with van der Waals surface area (Å²) in [6.45, 7) is 10.5. The Morgan fingerprint density at radius 3 is 2.41 bits per heavy atom. The Morgan fingerprint density at radius 2 is 1.73 bits per heavy atom. The number of nitrogens with one attached hydrogen (secondary N) is 1. The van der Waals surface area contributed by atoms with Crippen LogP contribution in [0.3, 0.4) is 0 Å². The molecule has 22 heavy (non-hydrogen) atoms. The highest BCUT2D eigenvalue weighted by Gasteiger charge is 2.02. The molecule has 0 rings (SSSR count). The quantitative estimate of drug-likeness (QED) is 0.273. The van der Waals surface area contributed by atoms with E-state index in [0.717, 1.165) is 31.3 Å². The lowest BCUT2D eigenvalue weighted by Crippen LogP contribution is -2.28. The first-order valence-electron chi connectivity index (χ1n) is 8.25.